The van der Waals surface area contributed by atoms with Crippen molar-refractivity contribution in [2.45, 2.75) is 502 Å². The van der Waals surface area contributed by atoms with Crippen LogP contribution in [0.15, 0.2) is 0 Å². The summed E-state index contributed by atoms with van der Waals surface area (Å²) in [5.74, 6) is -1.22. The van der Waals surface area contributed by atoms with Crippen LogP contribution in [0.3, 0.4) is 0 Å². The molecular weight excluding hydrogens is 1400 g/mol. The van der Waals surface area contributed by atoms with Gasteiger partial charge in [0.25, 0.3) is 0 Å². The van der Waals surface area contributed by atoms with Crippen LogP contribution < -0.4 is 0 Å². The normalized spacial score (nSPS) is 14.0. The van der Waals surface area contributed by atoms with Gasteiger partial charge in [0.2, 0.25) is 0 Å². The van der Waals surface area contributed by atoms with Gasteiger partial charge >= 0.3 is 39.5 Å². The third-order valence-electron chi connectivity index (χ3n) is 21.4. The Balaban J connectivity index is 5.22. The summed E-state index contributed by atoms with van der Waals surface area (Å²) in [6.07, 6.45) is 76.3. The minimum atomic E-state index is -4.97. The van der Waals surface area contributed by atoms with E-state index in [1.54, 1.807) is 0 Å². The maximum Gasteiger partial charge on any atom is 0.472 e. The van der Waals surface area contributed by atoms with E-state index in [0.717, 1.165) is 95.8 Å². The van der Waals surface area contributed by atoms with Gasteiger partial charge in [-0.1, -0.05) is 433 Å². The molecule has 0 heterocycles. The quantitative estimate of drug-likeness (QED) is 0.0222. The van der Waals surface area contributed by atoms with E-state index in [4.69, 9.17) is 37.0 Å². The van der Waals surface area contributed by atoms with Crippen LogP contribution >= 0.6 is 15.6 Å². The topological polar surface area (TPSA) is 237 Å². The van der Waals surface area contributed by atoms with Crippen LogP contribution in [0.25, 0.3) is 0 Å². The van der Waals surface area contributed by atoms with E-state index in [2.05, 4.69) is 34.6 Å². The van der Waals surface area contributed by atoms with E-state index in [1.165, 1.54) is 308 Å². The van der Waals surface area contributed by atoms with Crippen LogP contribution in [-0.4, -0.2) is 96.7 Å². The van der Waals surface area contributed by atoms with Crippen molar-refractivity contribution in [3.05, 3.63) is 0 Å². The molecule has 17 nitrogen and oxygen atoms in total. The van der Waals surface area contributed by atoms with E-state index in [9.17, 15) is 43.2 Å². The van der Waals surface area contributed by atoms with E-state index >= 15 is 0 Å². The average Bonchev–Trinajstić information content (AvgIpc) is 0.902. The Bertz CT molecular complexity index is 2050. The van der Waals surface area contributed by atoms with Gasteiger partial charge in [0.1, 0.15) is 19.3 Å². The molecule has 0 bridgehead atoms. The fourth-order valence-corrected chi connectivity index (χ4v) is 15.5. The Hall–Kier alpha value is -1.94. The monoisotopic (exact) mass is 1580 g/mol. The number of rotatable bonds is 89. The molecule has 0 aliphatic heterocycles. The minimum Gasteiger partial charge on any atom is -0.462 e. The fourth-order valence-electron chi connectivity index (χ4n) is 14.0. The lowest BCUT2D eigenvalue weighted by Crippen LogP contribution is -2.30. The first kappa shape index (κ1) is 106. The van der Waals surface area contributed by atoms with Gasteiger partial charge < -0.3 is 33.8 Å². The number of hydrogen-bond acceptors (Lipinski definition) is 15. The Morgan fingerprint density at radius 1 is 0.259 bits per heavy atom. The fraction of sp³-hybridized carbons (Fsp3) is 0.955. The predicted molar refractivity (Wildman–Crippen MR) is 446 cm³/mol. The van der Waals surface area contributed by atoms with Crippen LogP contribution in [0.2, 0.25) is 0 Å². The zero-order chi connectivity index (χ0) is 79.0. The maximum absolute atomic E-state index is 13.2. The molecule has 0 aliphatic carbocycles. The van der Waals surface area contributed by atoms with Gasteiger partial charge in [-0.2, -0.15) is 0 Å². The lowest BCUT2D eigenvalue weighted by Gasteiger charge is -2.21. The molecule has 0 spiro atoms. The van der Waals surface area contributed by atoms with Crippen LogP contribution in [0.5, 0.6) is 0 Å². The third-order valence-corrected chi connectivity index (χ3v) is 23.3. The molecule has 0 saturated carbocycles. The maximum atomic E-state index is 13.2. The predicted octanol–water partition coefficient (Wildman–Crippen LogP) is 27.5. The summed E-state index contributed by atoms with van der Waals surface area (Å²) in [6, 6.07) is 0. The van der Waals surface area contributed by atoms with Crippen molar-refractivity contribution in [1.82, 2.24) is 0 Å². The molecule has 19 heteroatoms. The molecule has 108 heavy (non-hydrogen) atoms. The molecular formula is C89H174O17P2. The van der Waals surface area contributed by atoms with Crippen LogP contribution in [-0.2, 0) is 65.4 Å². The Morgan fingerprint density at radius 3 is 0.657 bits per heavy atom. The first-order valence-electron chi connectivity index (χ1n) is 46.2. The summed E-state index contributed by atoms with van der Waals surface area (Å²) in [7, 11) is -9.93. The molecule has 0 aromatic heterocycles. The second-order valence-corrected chi connectivity index (χ2v) is 35.1. The Kier molecular flexibility index (Phi) is 80.2. The van der Waals surface area contributed by atoms with Gasteiger partial charge in [-0.25, -0.2) is 9.13 Å². The van der Waals surface area contributed by atoms with Crippen molar-refractivity contribution in [1.29, 1.82) is 0 Å². The number of ether oxygens (including phenoxy) is 4. The van der Waals surface area contributed by atoms with Gasteiger partial charge in [0.15, 0.2) is 12.2 Å². The molecule has 0 fully saturated rings. The van der Waals surface area contributed by atoms with E-state index in [0.29, 0.717) is 25.7 Å². The van der Waals surface area contributed by atoms with E-state index in [-0.39, 0.29) is 25.7 Å². The molecule has 0 amide bonds. The lowest BCUT2D eigenvalue weighted by molar-refractivity contribution is -0.161. The number of carbonyl (C=O) groups is 4. The smallest absolute Gasteiger partial charge is 0.462 e. The van der Waals surface area contributed by atoms with Crippen molar-refractivity contribution in [2.75, 3.05) is 39.6 Å². The van der Waals surface area contributed by atoms with Gasteiger partial charge in [-0.15, -0.1) is 0 Å². The number of aliphatic hydroxyl groups is 1. The lowest BCUT2D eigenvalue weighted by atomic mass is 9.99. The molecule has 0 radical (unpaired) electrons. The minimum absolute atomic E-state index is 0.109. The number of carbonyl (C=O) groups excluding carboxylic acids is 4. The van der Waals surface area contributed by atoms with Crippen molar-refractivity contribution in [3.8, 4) is 0 Å². The molecule has 642 valence electrons. The highest BCUT2D eigenvalue weighted by Crippen LogP contribution is 2.45. The number of phosphoric acid groups is 2. The molecule has 0 rings (SSSR count). The standard InChI is InChI=1S/C89H174O17P2/c1-6-10-13-16-19-22-25-27-29-30-31-32-36-40-43-48-53-58-63-68-73-87(92)100-79-85(106-89(94)75-70-65-60-55-50-45-41-37-34-33-35-39-42-47-51-56-61-66-71-82(5)9-4)81-104-108(97,98)102-77-83(90)76-101-107(95,96)103-80-84(78-99-86(91)72-67-62-57-52-46-24-21-18-15-12-8-3)105-88(93)74-69-64-59-54-49-44-38-28-26-23-20-17-14-11-7-2/h82-85,90H,6-81H2,1-5H3,(H,95,96)(H,97,98)/t82?,83-,84+,85+/m0/s1. The molecule has 6 atom stereocenters. The van der Waals surface area contributed by atoms with E-state index in [1.807, 2.05) is 0 Å². The molecule has 3 N–H and O–H groups in total. The van der Waals surface area contributed by atoms with Gasteiger partial charge in [0.05, 0.1) is 26.4 Å². The molecule has 0 aromatic carbocycles. The Labute approximate surface area is 664 Å². The SMILES string of the molecule is CCCCCCCCCCCCCCCCCCCCCCC(=O)OC[C@H](COP(=O)(O)OC[C@@H](O)COP(=O)(O)OC[C@@H](COC(=O)CCCCCCCCCCCCC)OC(=O)CCCCCCCCCCCCCCCCC)OC(=O)CCCCCCCCCCCCCCCCCCCCC(C)CC. The van der Waals surface area contributed by atoms with Crippen LogP contribution in [0.1, 0.15) is 484 Å². The summed E-state index contributed by atoms with van der Waals surface area (Å²) in [6.45, 7) is 7.45. The average molecular weight is 1580 g/mol. The molecule has 0 aromatic rings. The summed E-state index contributed by atoms with van der Waals surface area (Å²) >= 11 is 0. The zero-order valence-corrected chi connectivity index (χ0v) is 72.8. The largest absolute Gasteiger partial charge is 0.472 e. The number of unbranched alkanes of at least 4 members (excludes halogenated alkanes) is 60. The van der Waals surface area contributed by atoms with Crippen LogP contribution in [0, 0.1) is 5.92 Å². The third kappa shape index (κ3) is 80.7. The first-order valence-corrected chi connectivity index (χ1v) is 49.2. The summed E-state index contributed by atoms with van der Waals surface area (Å²) < 4.78 is 69.0. The zero-order valence-electron chi connectivity index (χ0n) is 71.0. The summed E-state index contributed by atoms with van der Waals surface area (Å²) in [4.78, 5) is 73.3. The summed E-state index contributed by atoms with van der Waals surface area (Å²) in [5, 5.41) is 10.7. The van der Waals surface area contributed by atoms with Crippen molar-refractivity contribution in [2.24, 2.45) is 5.92 Å². The highest BCUT2D eigenvalue weighted by atomic mass is 31.2. The Morgan fingerprint density at radius 2 is 0.444 bits per heavy atom. The van der Waals surface area contributed by atoms with Gasteiger partial charge in [-0.3, -0.25) is 37.3 Å². The molecule has 0 saturated heterocycles. The van der Waals surface area contributed by atoms with Crippen molar-refractivity contribution >= 4 is 39.5 Å². The second kappa shape index (κ2) is 81.6. The first-order chi connectivity index (χ1) is 52.6. The van der Waals surface area contributed by atoms with E-state index < -0.39 is 97.5 Å². The second-order valence-electron chi connectivity index (χ2n) is 32.2. The highest BCUT2D eigenvalue weighted by Gasteiger charge is 2.31. The van der Waals surface area contributed by atoms with Crippen molar-refractivity contribution < 1.29 is 80.2 Å². The number of hydrogen-bond donors (Lipinski definition) is 3. The number of aliphatic hydroxyl groups excluding tert-OH is 1. The highest BCUT2D eigenvalue weighted by molar-refractivity contribution is 7.47. The summed E-state index contributed by atoms with van der Waals surface area (Å²) in [5.41, 5.74) is 0. The number of esters is 4. The van der Waals surface area contributed by atoms with Gasteiger partial charge in [0, 0.05) is 25.7 Å². The molecule has 0 aliphatic rings. The van der Waals surface area contributed by atoms with Gasteiger partial charge in [-0.05, 0) is 31.6 Å². The van der Waals surface area contributed by atoms with Crippen molar-refractivity contribution in [3.63, 3.8) is 0 Å². The number of phosphoric ester groups is 2. The van der Waals surface area contributed by atoms with Crippen LogP contribution in [0.4, 0.5) is 0 Å². The molecule has 3 unspecified atom stereocenters.